The molecule has 0 unspecified atom stereocenters. The number of rotatable bonds is 12. The molecule has 0 heterocycles. The van der Waals surface area contributed by atoms with E-state index in [-0.39, 0.29) is 32.2 Å². The number of carbonyl (C=O) groups is 2. The highest BCUT2D eigenvalue weighted by Gasteiger charge is 2.06. The highest BCUT2D eigenvalue weighted by atomic mass is 16.7. The molecule has 0 aliphatic rings. The van der Waals surface area contributed by atoms with Gasteiger partial charge in [0.2, 0.25) is 0 Å². The average molecular weight is 308 g/mol. The van der Waals surface area contributed by atoms with Gasteiger partial charge in [-0.1, -0.05) is 6.08 Å². The molecule has 120 valence electrons. The molecule has 0 aliphatic carbocycles. The molecule has 22 heavy (non-hydrogen) atoms. The van der Waals surface area contributed by atoms with Crippen molar-refractivity contribution in [2.75, 3.05) is 26.6 Å². The molecule has 0 saturated heterocycles. The van der Waals surface area contributed by atoms with Crippen molar-refractivity contribution in [1.82, 2.24) is 0 Å². The number of hydrogen-bond acceptors (Lipinski definition) is 5. The topological polar surface area (TPSA) is 82.1 Å². The first kappa shape index (κ1) is 17.9. The maximum absolute atomic E-state index is 11.8. The summed E-state index contributed by atoms with van der Waals surface area (Å²) in [5, 5.41) is 8.41. The number of benzene rings is 1. The molecule has 1 rings (SSSR count). The zero-order chi connectivity index (χ0) is 16.2. The Kier molecular flexibility index (Phi) is 8.56. The van der Waals surface area contributed by atoms with Gasteiger partial charge in [0.1, 0.15) is 19.1 Å². The fraction of sp³-hybridized carbons (Fsp3) is 0.375. The zero-order valence-corrected chi connectivity index (χ0v) is 12.3. The minimum atomic E-state index is -0.938. The van der Waals surface area contributed by atoms with E-state index in [4.69, 9.17) is 19.3 Å². The average Bonchev–Trinajstić information content (AvgIpc) is 2.51. The summed E-state index contributed by atoms with van der Waals surface area (Å²) in [5.74, 6) is -0.428. The van der Waals surface area contributed by atoms with Crippen molar-refractivity contribution in [3.8, 4) is 5.75 Å². The maximum atomic E-state index is 11.8. The second-order valence-electron chi connectivity index (χ2n) is 4.39. The Bertz CT molecular complexity index is 480. The normalized spacial score (nSPS) is 10.2. The van der Waals surface area contributed by atoms with Gasteiger partial charge in [0.05, 0.1) is 19.6 Å². The first-order valence-electron chi connectivity index (χ1n) is 6.87. The van der Waals surface area contributed by atoms with Gasteiger partial charge in [0.25, 0.3) is 0 Å². The molecular weight excluding hydrogens is 288 g/mol. The van der Waals surface area contributed by atoms with E-state index < -0.39 is 5.97 Å². The van der Waals surface area contributed by atoms with E-state index >= 15 is 0 Å². The van der Waals surface area contributed by atoms with Gasteiger partial charge in [-0.3, -0.25) is 9.59 Å². The van der Waals surface area contributed by atoms with Gasteiger partial charge in [0, 0.05) is 5.56 Å². The van der Waals surface area contributed by atoms with Crippen molar-refractivity contribution in [2.45, 2.75) is 12.8 Å². The highest BCUT2D eigenvalue weighted by Crippen LogP contribution is 2.13. The lowest BCUT2D eigenvalue weighted by atomic mass is 10.1. The minimum Gasteiger partial charge on any atom is -0.493 e. The van der Waals surface area contributed by atoms with Crippen LogP contribution in [0.25, 0.3) is 0 Å². The Hall–Kier alpha value is -2.18. The predicted molar refractivity (Wildman–Crippen MR) is 80.1 cm³/mol. The van der Waals surface area contributed by atoms with Crippen LogP contribution in [0, 0.1) is 0 Å². The van der Waals surface area contributed by atoms with E-state index in [1.165, 1.54) is 0 Å². The van der Waals surface area contributed by atoms with Crippen molar-refractivity contribution in [3.63, 3.8) is 0 Å². The van der Waals surface area contributed by atoms with E-state index in [9.17, 15) is 9.59 Å². The van der Waals surface area contributed by atoms with Gasteiger partial charge in [-0.05, 0) is 30.7 Å². The summed E-state index contributed by atoms with van der Waals surface area (Å²) < 4.78 is 15.4. The Morgan fingerprint density at radius 2 is 1.86 bits per heavy atom. The van der Waals surface area contributed by atoms with Gasteiger partial charge >= 0.3 is 5.97 Å². The van der Waals surface area contributed by atoms with Gasteiger partial charge in [-0.15, -0.1) is 6.58 Å². The van der Waals surface area contributed by atoms with Crippen molar-refractivity contribution < 1.29 is 28.9 Å². The summed E-state index contributed by atoms with van der Waals surface area (Å²) >= 11 is 0. The molecule has 0 aromatic heterocycles. The summed E-state index contributed by atoms with van der Waals surface area (Å²) in [7, 11) is 0. The maximum Gasteiger partial charge on any atom is 0.305 e. The molecule has 0 spiro atoms. The van der Waals surface area contributed by atoms with Crippen molar-refractivity contribution in [2.24, 2.45) is 0 Å². The van der Waals surface area contributed by atoms with Crippen LogP contribution in [0.2, 0.25) is 0 Å². The quantitative estimate of drug-likeness (QED) is 0.276. The van der Waals surface area contributed by atoms with Crippen LogP contribution >= 0.6 is 0 Å². The zero-order valence-electron chi connectivity index (χ0n) is 12.3. The van der Waals surface area contributed by atoms with Gasteiger partial charge in [0.15, 0.2) is 5.78 Å². The molecule has 0 atom stereocenters. The summed E-state index contributed by atoms with van der Waals surface area (Å²) in [6.45, 7) is 3.98. The fourth-order valence-electron chi connectivity index (χ4n) is 1.49. The minimum absolute atomic E-state index is 0.0558. The number of ether oxygens (including phenoxy) is 3. The van der Waals surface area contributed by atoms with E-state index in [0.717, 1.165) is 6.42 Å². The summed E-state index contributed by atoms with van der Waals surface area (Å²) in [4.78, 5) is 22.1. The molecule has 0 fully saturated rings. The smallest absolute Gasteiger partial charge is 0.305 e. The summed E-state index contributed by atoms with van der Waals surface area (Å²) in [5.41, 5.74) is 0.515. The Labute approximate surface area is 129 Å². The van der Waals surface area contributed by atoms with Crippen LogP contribution in [0.5, 0.6) is 5.75 Å². The van der Waals surface area contributed by atoms with Crippen molar-refractivity contribution >= 4 is 11.8 Å². The number of hydrogen-bond donors (Lipinski definition) is 1. The number of aliphatic carboxylic acids is 1. The second kappa shape index (κ2) is 10.5. The second-order valence-corrected chi connectivity index (χ2v) is 4.39. The molecule has 6 nitrogen and oxygen atoms in total. The number of Topliss-reactive ketones (excluding diaryl/α,β-unsaturated/α-hetero) is 1. The number of ketones is 1. The third kappa shape index (κ3) is 7.56. The van der Waals surface area contributed by atoms with Gasteiger partial charge < -0.3 is 19.3 Å². The van der Waals surface area contributed by atoms with Gasteiger partial charge in [-0.25, -0.2) is 0 Å². The summed E-state index contributed by atoms with van der Waals surface area (Å²) in [6.07, 6.45) is 2.44. The molecule has 0 bridgehead atoms. The highest BCUT2D eigenvalue weighted by molar-refractivity contribution is 5.97. The number of carbonyl (C=O) groups excluding carboxylic acids is 1. The van der Waals surface area contributed by atoms with E-state index in [1.54, 1.807) is 30.3 Å². The molecule has 1 N–H and O–H groups in total. The Morgan fingerprint density at radius 3 is 2.50 bits per heavy atom. The predicted octanol–water partition coefficient (Wildman–Crippen LogP) is 2.29. The molecule has 1 aromatic rings. The first-order chi connectivity index (χ1) is 10.6. The third-order valence-electron chi connectivity index (χ3n) is 2.63. The third-order valence-corrected chi connectivity index (χ3v) is 2.63. The molecule has 0 aliphatic heterocycles. The van der Waals surface area contributed by atoms with Crippen LogP contribution in [0.3, 0.4) is 0 Å². The first-order valence-corrected chi connectivity index (χ1v) is 6.87. The van der Waals surface area contributed by atoms with Crippen LogP contribution in [0.15, 0.2) is 36.9 Å². The molecule has 0 radical (unpaired) electrons. The lowest BCUT2D eigenvalue weighted by molar-refractivity contribution is -0.139. The standard InChI is InChI=1S/C16H20O6/c1-2-3-9-22-14-6-4-13(5-7-14)15(17)11-21-12-20-10-8-16(18)19/h2,4-7H,1,3,8-12H2,(H,18,19). The lowest BCUT2D eigenvalue weighted by Crippen LogP contribution is -2.12. The SMILES string of the molecule is C=CCCOc1ccc(C(=O)COCOCCC(=O)O)cc1. The van der Waals surface area contributed by atoms with Crippen LogP contribution in [0.1, 0.15) is 23.2 Å². The monoisotopic (exact) mass is 308 g/mol. The molecule has 1 aromatic carbocycles. The van der Waals surface area contributed by atoms with Crippen LogP contribution < -0.4 is 4.74 Å². The van der Waals surface area contributed by atoms with Gasteiger partial charge in [-0.2, -0.15) is 0 Å². The van der Waals surface area contributed by atoms with E-state index in [2.05, 4.69) is 6.58 Å². The summed E-state index contributed by atoms with van der Waals surface area (Å²) in [6, 6.07) is 6.78. The molecule has 0 saturated carbocycles. The van der Waals surface area contributed by atoms with Crippen molar-refractivity contribution in [1.29, 1.82) is 0 Å². The Balaban J connectivity index is 2.24. The molecule has 0 amide bonds. The number of carboxylic acid groups (broad SMARTS) is 1. The van der Waals surface area contributed by atoms with E-state index in [1.807, 2.05) is 0 Å². The molecular formula is C16H20O6. The Morgan fingerprint density at radius 1 is 1.14 bits per heavy atom. The molecule has 6 heteroatoms. The fourth-order valence-corrected chi connectivity index (χ4v) is 1.49. The lowest BCUT2D eigenvalue weighted by Gasteiger charge is -2.06. The van der Waals surface area contributed by atoms with Crippen LogP contribution in [-0.4, -0.2) is 43.5 Å². The van der Waals surface area contributed by atoms with Crippen LogP contribution in [0.4, 0.5) is 0 Å². The van der Waals surface area contributed by atoms with Crippen LogP contribution in [-0.2, 0) is 14.3 Å². The number of carboxylic acids is 1. The van der Waals surface area contributed by atoms with E-state index in [0.29, 0.717) is 17.9 Å². The van der Waals surface area contributed by atoms with Crippen molar-refractivity contribution in [3.05, 3.63) is 42.5 Å². The largest absolute Gasteiger partial charge is 0.493 e.